The third-order valence-corrected chi connectivity index (χ3v) is 3.19. The van der Waals surface area contributed by atoms with Gasteiger partial charge < -0.3 is 9.84 Å². The summed E-state index contributed by atoms with van der Waals surface area (Å²) < 4.78 is 4.73. The van der Waals surface area contributed by atoms with Crippen LogP contribution in [0.5, 0.6) is 0 Å². The molecular formula is C11H18O3. The number of aliphatic hydroxyl groups excluding tert-OH is 1. The molecule has 0 aliphatic heterocycles. The number of methoxy groups -OCH3 is 1. The van der Waals surface area contributed by atoms with E-state index in [-0.39, 0.29) is 11.9 Å². The lowest BCUT2D eigenvalue weighted by molar-refractivity contribution is -0.152. The molecule has 1 rings (SSSR count). The monoisotopic (exact) mass is 198 g/mol. The maximum atomic E-state index is 11.5. The Balaban J connectivity index is 2.97. The second-order valence-corrected chi connectivity index (χ2v) is 4.49. The number of aliphatic hydroxyl groups is 1. The molecule has 1 aliphatic rings. The van der Waals surface area contributed by atoms with Crippen molar-refractivity contribution in [1.82, 2.24) is 0 Å². The predicted molar refractivity (Wildman–Crippen MR) is 53.7 cm³/mol. The zero-order chi connectivity index (χ0) is 10.9. The standard InChI is InChI=1S/C11H18O3/c1-7-5-6-8(12)11(2,3)9(7)10(13)14-4/h8-9,12H,1,5-6H2,2-4H3/t8-,9-/m0/s1. The van der Waals surface area contributed by atoms with E-state index in [1.54, 1.807) is 0 Å². The Kier molecular flexibility index (Phi) is 3.00. The minimum absolute atomic E-state index is 0.293. The molecule has 0 radical (unpaired) electrons. The summed E-state index contributed by atoms with van der Waals surface area (Å²) in [6.45, 7) is 7.64. The molecule has 1 saturated carbocycles. The minimum atomic E-state index is -0.470. The Bertz CT molecular complexity index is 247. The van der Waals surface area contributed by atoms with Gasteiger partial charge in [-0.3, -0.25) is 4.79 Å². The molecule has 0 heterocycles. The molecule has 0 aromatic carbocycles. The van der Waals surface area contributed by atoms with E-state index in [0.29, 0.717) is 12.8 Å². The third-order valence-electron chi connectivity index (χ3n) is 3.19. The summed E-state index contributed by atoms with van der Waals surface area (Å²) in [5, 5.41) is 9.82. The second-order valence-electron chi connectivity index (χ2n) is 4.49. The third kappa shape index (κ3) is 1.69. The molecule has 2 atom stereocenters. The molecule has 0 unspecified atom stereocenters. The highest BCUT2D eigenvalue weighted by Crippen LogP contribution is 2.43. The van der Waals surface area contributed by atoms with Crippen LogP contribution in [0.2, 0.25) is 0 Å². The maximum Gasteiger partial charge on any atom is 0.313 e. The lowest BCUT2D eigenvalue weighted by Gasteiger charge is -2.42. The van der Waals surface area contributed by atoms with Gasteiger partial charge in [0.25, 0.3) is 0 Å². The maximum absolute atomic E-state index is 11.5. The topological polar surface area (TPSA) is 46.5 Å². The quantitative estimate of drug-likeness (QED) is 0.513. The van der Waals surface area contributed by atoms with Crippen LogP contribution in [0.1, 0.15) is 26.7 Å². The van der Waals surface area contributed by atoms with Gasteiger partial charge in [0.1, 0.15) is 0 Å². The van der Waals surface area contributed by atoms with Crippen molar-refractivity contribution in [1.29, 1.82) is 0 Å². The lowest BCUT2D eigenvalue weighted by atomic mass is 9.65. The van der Waals surface area contributed by atoms with Crippen LogP contribution in [0.4, 0.5) is 0 Å². The SMILES string of the molecule is C=C1CC[C@H](O)C(C)(C)[C@@H]1C(=O)OC. The van der Waals surface area contributed by atoms with E-state index in [1.807, 2.05) is 13.8 Å². The normalized spacial score (nSPS) is 31.3. The number of esters is 1. The summed E-state index contributed by atoms with van der Waals surface area (Å²) in [4.78, 5) is 11.5. The first kappa shape index (κ1) is 11.2. The van der Waals surface area contributed by atoms with Crippen molar-refractivity contribution in [3.63, 3.8) is 0 Å². The highest BCUT2D eigenvalue weighted by Gasteiger charge is 2.45. The Morgan fingerprint density at radius 2 is 2.21 bits per heavy atom. The smallest absolute Gasteiger partial charge is 0.313 e. The molecule has 1 fully saturated rings. The fourth-order valence-corrected chi connectivity index (χ4v) is 2.15. The molecular weight excluding hydrogens is 180 g/mol. The van der Waals surface area contributed by atoms with Crippen LogP contribution in [0.3, 0.4) is 0 Å². The van der Waals surface area contributed by atoms with Crippen molar-refractivity contribution < 1.29 is 14.6 Å². The van der Waals surface area contributed by atoms with Crippen molar-refractivity contribution in [2.75, 3.05) is 7.11 Å². The van der Waals surface area contributed by atoms with Crippen molar-refractivity contribution in [3.05, 3.63) is 12.2 Å². The largest absolute Gasteiger partial charge is 0.469 e. The Hall–Kier alpha value is -0.830. The van der Waals surface area contributed by atoms with Gasteiger partial charge in [0.2, 0.25) is 0 Å². The van der Waals surface area contributed by atoms with Crippen LogP contribution in [-0.4, -0.2) is 24.3 Å². The summed E-state index contributed by atoms with van der Waals surface area (Å²) in [5.74, 6) is -0.671. The first-order chi connectivity index (χ1) is 6.41. The molecule has 3 nitrogen and oxygen atoms in total. The highest BCUT2D eigenvalue weighted by molar-refractivity contribution is 5.77. The molecule has 14 heavy (non-hydrogen) atoms. The number of ether oxygens (including phenoxy) is 1. The van der Waals surface area contributed by atoms with E-state index in [4.69, 9.17) is 4.74 Å². The summed E-state index contributed by atoms with van der Waals surface area (Å²) in [7, 11) is 1.37. The van der Waals surface area contributed by atoms with Crippen LogP contribution >= 0.6 is 0 Å². The van der Waals surface area contributed by atoms with Gasteiger partial charge in [-0.05, 0) is 12.8 Å². The van der Waals surface area contributed by atoms with Crippen molar-refractivity contribution in [2.45, 2.75) is 32.8 Å². The van der Waals surface area contributed by atoms with Gasteiger partial charge in [-0.1, -0.05) is 26.0 Å². The van der Waals surface area contributed by atoms with Crippen molar-refractivity contribution >= 4 is 5.97 Å². The van der Waals surface area contributed by atoms with Crippen LogP contribution in [0.25, 0.3) is 0 Å². The van der Waals surface area contributed by atoms with Gasteiger partial charge in [-0.15, -0.1) is 0 Å². The molecule has 0 saturated heterocycles. The molecule has 0 aromatic rings. The Morgan fingerprint density at radius 1 is 1.64 bits per heavy atom. The van der Waals surface area contributed by atoms with Gasteiger partial charge in [-0.25, -0.2) is 0 Å². The summed E-state index contributed by atoms with van der Waals surface area (Å²) in [6.07, 6.45) is 0.918. The molecule has 80 valence electrons. The lowest BCUT2D eigenvalue weighted by Crippen LogP contribution is -2.45. The number of carbonyl (C=O) groups is 1. The number of hydrogen-bond acceptors (Lipinski definition) is 3. The molecule has 3 heteroatoms. The van der Waals surface area contributed by atoms with Crippen molar-refractivity contribution in [2.24, 2.45) is 11.3 Å². The molecule has 1 aliphatic carbocycles. The van der Waals surface area contributed by atoms with E-state index < -0.39 is 11.5 Å². The van der Waals surface area contributed by atoms with Gasteiger partial charge >= 0.3 is 5.97 Å². The molecule has 0 spiro atoms. The van der Waals surface area contributed by atoms with E-state index in [2.05, 4.69) is 6.58 Å². The van der Waals surface area contributed by atoms with Crippen LogP contribution in [0.15, 0.2) is 12.2 Å². The molecule has 0 bridgehead atoms. The van der Waals surface area contributed by atoms with Crippen LogP contribution < -0.4 is 0 Å². The van der Waals surface area contributed by atoms with E-state index >= 15 is 0 Å². The minimum Gasteiger partial charge on any atom is -0.469 e. The van der Waals surface area contributed by atoms with E-state index in [9.17, 15) is 9.90 Å². The number of carbonyl (C=O) groups excluding carboxylic acids is 1. The first-order valence-electron chi connectivity index (χ1n) is 4.84. The zero-order valence-corrected chi connectivity index (χ0v) is 9.04. The van der Waals surface area contributed by atoms with Crippen LogP contribution in [-0.2, 0) is 9.53 Å². The summed E-state index contributed by atoms with van der Waals surface area (Å²) in [5.41, 5.74) is 0.398. The van der Waals surface area contributed by atoms with Gasteiger partial charge in [0.05, 0.1) is 19.1 Å². The molecule has 0 aromatic heterocycles. The number of rotatable bonds is 1. The fraction of sp³-hybridized carbons (Fsp3) is 0.727. The van der Waals surface area contributed by atoms with Crippen molar-refractivity contribution in [3.8, 4) is 0 Å². The summed E-state index contributed by atoms with van der Waals surface area (Å²) >= 11 is 0. The number of hydrogen-bond donors (Lipinski definition) is 1. The Morgan fingerprint density at radius 3 is 2.71 bits per heavy atom. The fourth-order valence-electron chi connectivity index (χ4n) is 2.15. The van der Waals surface area contributed by atoms with Gasteiger partial charge in [0, 0.05) is 5.41 Å². The van der Waals surface area contributed by atoms with E-state index in [0.717, 1.165) is 5.57 Å². The summed E-state index contributed by atoms with van der Waals surface area (Å²) in [6, 6.07) is 0. The van der Waals surface area contributed by atoms with Gasteiger partial charge in [-0.2, -0.15) is 0 Å². The zero-order valence-electron chi connectivity index (χ0n) is 9.04. The average molecular weight is 198 g/mol. The first-order valence-corrected chi connectivity index (χ1v) is 4.84. The van der Waals surface area contributed by atoms with Gasteiger partial charge in [0.15, 0.2) is 0 Å². The second kappa shape index (κ2) is 3.73. The Labute approximate surface area is 84.8 Å². The average Bonchev–Trinajstić information content (AvgIpc) is 2.11. The predicted octanol–water partition coefficient (Wildman–Crippen LogP) is 1.51. The molecule has 1 N–H and O–H groups in total. The van der Waals surface area contributed by atoms with E-state index in [1.165, 1.54) is 7.11 Å². The van der Waals surface area contributed by atoms with Crippen LogP contribution in [0, 0.1) is 11.3 Å². The molecule has 0 amide bonds. The highest BCUT2D eigenvalue weighted by atomic mass is 16.5.